The molecule has 2 heterocycles. The summed E-state index contributed by atoms with van der Waals surface area (Å²) in [6.45, 7) is 1.83. The van der Waals surface area contributed by atoms with Crippen molar-refractivity contribution in [1.29, 1.82) is 0 Å². The maximum absolute atomic E-state index is 13.3. The quantitative estimate of drug-likeness (QED) is 0.606. The third-order valence-corrected chi connectivity index (χ3v) is 5.59. The van der Waals surface area contributed by atoms with Crippen LogP contribution < -0.4 is 10.6 Å². The number of aromatic nitrogens is 2. The number of alkyl halides is 3. The van der Waals surface area contributed by atoms with Gasteiger partial charge in [-0.05, 0) is 56.9 Å². The van der Waals surface area contributed by atoms with Crippen LogP contribution in [0.4, 0.5) is 18.9 Å². The molecule has 0 radical (unpaired) electrons. The molecule has 1 aliphatic rings. The van der Waals surface area contributed by atoms with Crippen molar-refractivity contribution in [2.24, 2.45) is 0 Å². The summed E-state index contributed by atoms with van der Waals surface area (Å²) in [5, 5.41) is 7.01. The van der Waals surface area contributed by atoms with E-state index >= 15 is 0 Å². The number of para-hydroxylation sites is 1. The molecular weight excluding hydrogens is 405 g/mol. The number of nitrogens with one attached hydrogen (secondary N) is 2. The van der Waals surface area contributed by atoms with Crippen LogP contribution in [0, 0.1) is 6.92 Å². The van der Waals surface area contributed by atoms with Crippen molar-refractivity contribution in [1.82, 2.24) is 15.3 Å². The van der Waals surface area contributed by atoms with E-state index in [-0.39, 0.29) is 18.0 Å². The Bertz CT molecular complexity index is 1090. The van der Waals surface area contributed by atoms with Crippen LogP contribution in [-0.4, -0.2) is 28.0 Å². The average molecular weight is 428 g/mol. The zero-order chi connectivity index (χ0) is 22.0. The Balaban J connectivity index is 1.42. The van der Waals surface area contributed by atoms with Gasteiger partial charge < -0.3 is 10.6 Å². The molecule has 0 aliphatic heterocycles. The highest BCUT2D eigenvalue weighted by molar-refractivity contribution is 5.94. The largest absolute Gasteiger partial charge is 0.433 e. The zero-order valence-electron chi connectivity index (χ0n) is 17.0. The van der Waals surface area contributed by atoms with E-state index in [1.807, 2.05) is 6.92 Å². The topological polar surface area (TPSA) is 66.9 Å². The minimum atomic E-state index is -4.51. The lowest BCUT2D eigenvalue weighted by atomic mass is 9.90. The highest BCUT2D eigenvalue weighted by Crippen LogP contribution is 2.34. The number of amides is 1. The Morgan fingerprint density at radius 2 is 1.74 bits per heavy atom. The van der Waals surface area contributed by atoms with Crippen molar-refractivity contribution in [3.63, 3.8) is 0 Å². The molecule has 4 rings (SSSR count). The fourth-order valence-electron chi connectivity index (χ4n) is 4.00. The van der Waals surface area contributed by atoms with Crippen LogP contribution in [0.25, 0.3) is 10.9 Å². The zero-order valence-corrected chi connectivity index (χ0v) is 17.0. The summed E-state index contributed by atoms with van der Waals surface area (Å²) in [6.07, 6.45) is 0.106. The van der Waals surface area contributed by atoms with Gasteiger partial charge in [-0.1, -0.05) is 18.2 Å². The lowest BCUT2D eigenvalue weighted by molar-refractivity contribution is -0.140. The first-order valence-electron chi connectivity index (χ1n) is 10.3. The van der Waals surface area contributed by atoms with Gasteiger partial charge in [0, 0.05) is 40.6 Å². The van der Waals surface area contributed by atoms with Gasteiger partial charge in [0.25, 0.3) is 5.91 Å². The third-order valence-electron chi connectivity index (χ3n) is 5.59. The Kier molecular flexibility index (Phi) is 5.80. The number of carbonyl (C=O) groups excluding carboxylic acids is 1. The minimum absolute atomic E-state index is 0.0308. The van der Waals surface area contributed by atoms with E-state index < -0.39 is 11.9 Å². The second-order valence-corrected chi connectivity index (χ2v) is 7.92. The molecule has 0 atom stereocenters. The number of rotatable bonds is 4. The molecule has 0 spiro atoms. The summed E-state index contributed by atoms with van der Waals surface area (Å²) in [7, 11) is 0. The van der Waals surface area contributed by atoms with E-state index in [1.165, 1.54) is 0 Å². The fraction of sp³-hybridized carbons (Fsp3) is 0.348. The predicted molar refractivity (Wildman–Crippen MR) is 113 cm³/mol. The highest BCUT2D eigenvalue weighted by atomic mass is 19.4. The second kappa shape index (κ2) is 8.53. The van der Waals surface area contributed by atoms with Crippen LogP contribution in [0.15, 0.2) is 48.7 Å². The van der Waals surface area contributed by atoms with Crippen LogP contribution in [0.5, 0.6) is 0 Å². The summed E-state index contributed by atoms with van der Waals surface area (Å²) < 4.78 is 39.8. The molecule has 1 aliphatic carbocycles. The molecule has 3 aromatic rings. The molecule has 1 fully saturated rings. The van der Waals surface area contributed by atoms with Crippen LogP contribution in [0.3, 0.4) is 0 Å². The van der Waals surface area contributed by atoms with E-state index in [2.05, 4.69) is 20.6 Å². The molecule has 0 saturated heterocycles. The summed E-state index contributed by atoms with van der Waals surface area (Å²) >= 11 is 0. The van der Waals surface area contributed by atoms with Crippen molar-refractivity contribution in [2.75, 3.05) is 5.32 Å². The fourth-order valence-corrected chi connectivity index (χ4v) is 4.00. The summed E-state index contributed by atoms with van der Waals surface area (Å²) in [5.74, 6) is -0.128. The van der Waals surface area contributed by atoms with E-state index in [4.69, 9.17) is 0 Å². The average Bonchev–Trinajstić information content (AvgIpc) is 2.74. The molecule has 31 heavy (non-hydrogen) atoms. The first-order chi connectivity index (χ1) is 14.8. The summed E-state index contributed by atoms with van der Waals surface area (Å²) in [4.78, 5) is 20.3. The monoisotopic (exact) mass is 428 g/mol. The first-order valence-corrected chi connectivity index (χ1v) is 10.3. The van der Waals surface area contributed by atoms with E-state index in [0.29, 0.717) is 22.2 Å². The smallest absolute Gasteiger partial charge is 0.382 e. The standard InChI is InChI=1S/C23H23F3N4O/c1-14-12-15(10-11-27-14)22(31)29-17-8-6-16(7-9-17)28-20-13-21(23(24,25)26)30-19-5-3-2-4-18(19)20/h2-5,10-13,16-17H,6-9H2,1H3,(H,28,30)(H,29,31). The number of carbonyl (C=O) groups is 1. The number of pyridine rings is 2. The van der Waals surface area contributed by atoms with E-state index in [9.17, 15) is 18.0 Å². The molecule has 1 saturated carbocycles. The van der Waals surface area contributed by atoms with E-state index in [1.54, 1.807) is 42.6 Å². The van der Waals surface area contributed by atoms with Crippen LogP contribution in [-0.2, 0) is 6.18 Å². The number of benzene rings is 1. The molecular formula is C23H23F3N4O. The van der Waals surface area contributed by atoms with Crippen LogP contribution in [0.1, 0.15) is 47.4 Å². The SMILES string of the molecule is Cc1cc(C(=O)NC2CCC(Nc3cc(C(F)(F)F)nc4ccccc34)CC2)ccn1. The molecule has 162 valence electrons. The Morgan fingerprint density at radius 3 is 2.45 bits per heavy atom. The number of halogens is 3. The Morgan fingerprint density at radius 1 is 1.03 bits per heavy atom. The highest BCUT2D eigenvalue weighted by Gasteiger charge is 2.33. The maximum Gasteiger partial charge on any atom is 0.433 e. The maximum atomic E-state index is 13.3. The number of fused-ring (bicyclic) bond motifs is 1. The summed E-state index contributed by atoms with van der Waals surface area (Å²) in [5.41, 5.74) is 1.22. The molecule has 0 unspecified atom stereocenters. The van der Waals surface area contributed by atoms with Gasteiger partial charge in [0.15, 0.2) is 0 Å². The Hall–Kier alpha value is -3.16. The first kappa shape index (κ1) is 21.1. The molecule has 1 amide bonds. The number of nitrogens with zero attached hydrogens (tertiary/aromatic N) is 2. The molecule has 5 nitrogen and oxygen atoms in total. The van der Waals surface area contributed by atoms with Gasteiger partial charge in [-0.25, -0.2) is 4.98 Å². The lowest BCUT2D eigenvalue weighted by Gasteiger charge is -2.30. The molecule has 8 heteroatoms. The van der Waals surface area contributed by atoms with E-state index in [0.717, 1.165) is 37.4 Å². The number of anilines is 1. The van der Waals surface area contributed by atoms with Crippen molar-refractivity contribution < 1.29 is 18.0 Å². The van der Waals surface area contributed by atoms with Gasteiger partial charge in [-0.2, -0.15) is 13.2 Å². The van der Waals surface area contributed by atoms with Crippen molar-refractivity contribution in [2.45, 2.75) is 50.9 Å². The normalized spacial score (nSPS) is 19.2. The van der Waals surface area contributed by atoms with Gasteiger partial charge in [-0.15, -0.1) is 0 Å². The van der Waals surface area contributed by atoms with Crippen molar-refractivity contribution >= 4 is 22.5 Å². The number of hydrogen-bond acceptors (Lipinski definition) is 4. The predicted octanol–water partition coefficient (Wildman–Crippen LogP) is 5.11. The van der Waals surface area contributed by atoms with Crippen LogP contribution >= 0.6 is 0 Å². The van der Waals surface area contributed by atoms with Crippen molar-refractivity contribution in [3.05, 3.63) is 65.6 Å². The van der Waals surface area contributed by atoms with Crippen LogP contribution in [0.2, 0.25) is 0 Å². The number of hydrogen-bond donors (Lipinski definition) is 2. The van der Waals surface area contributed by atoms with Gasteiger partial charge in [0.05, 0.1) is 5.52 Å². The molecule has 2 N–H and O–H groups in total. The second-order valence-electron chi connectivity index (χ2n) is 7.92. The molecule has 1 aromatic carbocycles. The molecule has 0 bridgehead atoms. The summed E-state index contributed by atoms with van der Waals surface area (Å²) in [6, 6.07) is 11.4. The third kappa shape index (κ3) is 4.95. The Labute approximate surface area is 178 Å². The minimum Gasteiger partial charge on any atom is -0.382 e. The lowest BCUT2D eigenvalue weighted by Crippen LogP contribution is -2.40. The van der Waals surface area contributed by atoms with Gasteiger partial charge in [-0.3, -0.25) is 9.78 Å². The van der Waals surface area contributed by atoms with Crippen molar-refractivity contribution in [3.8, 4) is 0 Å². The van der Waals surface area contributed by atoms with Gasteiger partial charge >= 0.3 is 6.18 Å². The molecule has 2 aromatic heterocycles. The van der Waals surface area contributed by atoms with Gasteiger partial charge in [0.1, 0.15) is 5.69 Å². The number of aryl methyl sites for hydroxylation is 1. The van der Waals surface area contributed by atoms with Gasteiger partial charge in [0.2, 0.25) is 0 Å².